The zero-order valence-corrected chi connectivity index (χ0v) is 9.59. The molecule has 0 unspecified atom stereocenters. The summed E-state index contributed by atoms with van der Waals surface area (Å²) >= 11 is 12.3. The van der Waals surface area contributed by atoms with Crippen LogP contribution in [0.3, 0.4) is 0 Å². The van der Waals surface area contributed by atoms with Gasteiger partial charge in [0.25, 0.3) is 0 Å². The van der Waals surface area contributed by atoms with Gasteiger partial charge in [0, 0.05) is 10.0 Å². The van der Waals surface area contributed by atoms with Crippen LogP contribution in [0, 0.1) is 6.92 Å². The van der Waals surface area contributed by atoms with Gasteiger partial charge in [-0.05, 0) is 44.8 Å². The lowest BCUT2D eigenvalue weighted by Gasteiger charge is -2.05. The highest BCUT2D eigenvalue weighted by Crippen LogP contribution is 2.37. The van der Waals surface area contributed by atoms with Crippen LogP contribution in [0.25, 0.3) is 0 Å². The summed E-state index contributed by atoms with van der Waals surface area (Å²) < 4.78 is 1.42. The predicted molar refractivity (Wildman–Crippen MR) is 53.3 cm³/mol. The van der Waals surface area contributed by atoms with E-state index in [1.165, 1.54) is 0 Å². The van der Waals surface area contributed by atoms with E-state index >= 15 is 0 Å². The Morgan fingerprint density at radius 3 is 2.45 bits per heavy atom. The molecule has 0 atom stereocenters. The number of hydrogen-bond acceptors (Lipinski definition) is 1. The van der Waals surface area contributed by atoms with Crippen molar-refractivity contribution in [3.05, 3.63) is 25.6 Å². The van der Waals surface area contributed by atoms with Gasteiger partial charge >= 0.3 is 0 Å². The summed E-state index contributed by atoms with van der Waals surface area (Å²) in [6.45, 7) is 1.76. The Morgan fingerprint density at radius 1 is 1.36 bits per heavy atom. The van der Waals surface area contributed by atoms with Gasteiger partial charge in [0.05, 0.1) is 9.50 Å². The average Bonchev–Trinajstić information content (AvgIpc) is 1.97. The van der Waals surface area contributed by atoms with Crippen LogP contribution in [0.5, 0.6) is 5.75 Å². The molecule has 0 spiro atoms. The Balaban J connectivity index is 3.46. The molecular formula is C7H5Br2ClO. The molecule has 0 heterocycles. The molecule has 1 N–H and O–H groups in total. The van der Waals surface area contributed by atoms with Crippen LogP contribution in [0.15, 0.2) is 15.0 Å². The zero-order chi connectivity index (χ0) is 8.59. The summed E-state index contributed by atoms with van der Waals surface area (Å²) in [5.41, 5.74) is 0.674. The minimum absolute atomic E-state index is 0.193. The second kappa shape index (κ2) is 3.33. The van der Waals surface area contributed by atoms with E-state index in [9.17, 15) is 5.11 Å². The molecule has 1 aromatic rings. The van der Waals surface area contributed by atoms with Crippen molar-refractivity contribution in [2.45, 2.75) is 6.92 Å². The van der Waals surface area contributed by atoms with Gasteiger partial charge in [0.15, 0.2) is 0 Å². The summed E-state index contributed by atoms with van der Waals surface area (Å²) in [4.78, 5) is 0. The van der Waals surface area contributed by atoms with Gasteiger partial charge < -0.3 is 5.11 Å². The maximum Gasteiger partial charge on any atom is 0.134 e. The quantitative estimate of drug-likeness (QED) is 0.721. The van der Waals surface area contributed by atoms with Crippen LogP contribution in [0.1, 0.15) is 5.56 Å². The molecule has 0 aliphatic carbocycles. The van der Waals surface area contributed by atoms with E-state index in [4.69, 9.17) is 11.6 Å². The summed E-state index contributed by atoms with van der Waals surface area (Å²) in [5, 5.41) is 9.91. The molecule has 1 rings (SSSR count). The van der Waals surface area contributed by atoms with Crippen molar-refractivity contribution < 1.29 is 5.11 Å². The fourth-order valence-corrected chi connectivity index (χ4v) is 2.21. The highest BCUT2D eigenvalue weighted by Gasteiger charge is 2.09. The largest absolute Gasteiger partial charge is 0.506 e. The molecule has 1 nitrogen and oxygen atoms in total. The van der Waals surface area contributed by atoms with Crippen molar-refractivity contribution in [1.82, 2.24) is 0 Å². The van der Waals surface area contributed by atoms with Gasteiger partial charge in [-0.1, -0.05) is 11.6 Å². The van der Waals surface area contributed by atoms with E-state index < -0.39 is 0 Å². The normalized spacial score (nSPS) is 10.2. The number of hydrogen-bond donors (Lipinski definition) is 1. The first-order valence-corrected chi connectivity index (χ1v) is 4.83. The highest BCUT2D eigenvalue weighted by atomic mass is 79.9. The fraction of sp³-hybridized carbons (Fsp3) is 0.143. The SMILES string of the molecule is Cc1c(O)c(Br)cc(Br)c1Cl. The van der Waals surface area contributed by atoms with E-state index in [0.717, 1.165) is 4.47 Å². The number of phenols is 1. The summed E-state index contributed by atoms with van der Waals surface area (Å²) in [5.74, 6) is 0.193. The average molecular weight is 300 g/mol. The Bertz CT molecular complexity index is 273. The van der Waals surface area contributed by atoms with E-state index in [1.807, 2.05) is 0 Å². The van der Waals surface area contributed by atoms with Crippen LogP contribution in [0.4, 0.5) is 0 Å². The monoisotopic (exact) mass is 298 g/mol. The molecule has 0 aromatic heterocycles. The first-order chi connectivity index (χ1) is 5.04. The van der Waals surface area contributed by atoms with Crippen LogP contribution >= 0.6 is 43.5 Å². The fourth-order valence-electron chi connectivity index (χ4n) is 0.705. The predicted octanol–water partition coefficient (Wildman–Crippen LogP) is 3.88. The third-order valence-corrected chi connectivity index (χ3v) is 3.32. The molecule has 4 heteroatoms. The molecule has 0 radical (unpaired) electrons. The first kappa shape index (κ1) is 9.36. The maximum absolute atomic E-state index is 9.36. The number of rotatable bonds is 0. The van der Waals surface area contributed by atoms with Gasteiger partial charge in [-0.2, -0.15) is 0 Å². The minimum Gasteiger partial charge on any atom is -0.506 e. The van der Waals surface area contributed by atoms with Crippen molar-refractivity contribution in [2.75, 3.05) is 0 Å². The molecule has 0 aliphatic rings. The number of halogens is 3. The second-order valence-electron chi connectivity index (χ2n) is 2.13. The molecule has 0 bridgehead atoms. The topological polar surface area (TPSA) is 20.2 Å². The molecule has 0 saturated heterocycles. The van der Waals surface area contributed by atoms with Gasteiger partial charge in [-0.15, -0.1) is 0 Å². The van der Waals surface area contributed by atoms with E-state index in [0.29, 0.717) is 15.1 Å². The molecule has 0 saturated carbocycles. The Labute approximate surface area is 86.6 Å². The van der Waals surface area contributed by atoms with Crippen LogP contribution in [0.2, 0.25) is 5.02 Å². The van der Waals surface area contributed by atoms with Crippen molar-refractivity contribution in [1.29, 1.82) is 0 Å². The lowest BCUT2D eigenvalue weighted by Crippen LogP contribution is -1.80. The molecule has 60 valence electrons. The first-order valence-electron chi connectivity index (χ1n) is 2.87. The third kappa shape index (κ3) is 1.71. The standard InChI is InChI=1S/C7H5Br2ClO/c1-3-6(10)4(8)2-5(9)7(3)11/h2,11H,1H3. The van der Waals surface area contributed by atoms with Gasteiger partial charge in [0.2, 0.25) is 0 Å². The summed E-state index contributed by atoms with van der Waals surface area (Å²) in [6.07, 6.45) is 0. The van der Waals surface area contributed by atoms with Crippen LogP contribution < -0.4 is 0 Å². The third-order valence-electron chi connectivity index (χ3n) is 1.37. The number of phenolic OH excluding ortho intramolecular Hbond substituents is 1. The van der Waals surface area contributed by atoms with Gasteiger partial charge in [0.1, 0.15) is 5.75 Å². The second-order valence-corrected chi connectivity index (χ2v) is 4.21. The Hall–Kier alpha value is 0.270. The van der Waals surface area contributed by atoms with E-state index in [-0.39, 0.29) is 5.75 Å². The number of aromatic hydroxyl groups is 1. The van der Waals surface area contributed by atoms with Crippen molar-refractivity contribution in [3.63, 3.8) is 0 Å². The summed E-state index contributed by atoms with van der Waals surface area (Å²) in [6, 6.07) is 1.71. The smallest absolute Gasteiger partial charge is 0.134 e. The van der Waals surface area contributed by atoms with Crippen molar-refractivity contribution >= 4 is 43.5 Å². The molecule has 0 amide bonds. The van der Waals surface area contributed by atoms with Crippen LogP contribution in [-0.2, 0) is 0 Å². The lowest BCUT2D eigenvalue weighted by atomic mass is 10.2. The zero-order valence-electron chi connectivity index (χ0n) is 5.66. The van der Waals surface area contributed by atoms with Crippen molar-refractivity contribution in [2.24, 2.45) is 0 Å². The lowest BCUT2D eigenvalue weighted by molar-refractivity contribution is 0.467. The maximum atomic E-state index is 9.36. The van der Waals surface area contributed by atoms with Crippen LogP contribution in [-0.4, -0.2) is 5.11 Å². The molecule has 0 aliphatic heterocycles. The van der Waals surface area contributed by atoms with E-state index in [1.54, 1.807) is 13.0 Å². The molecule has 11 heavy (non-hydrogen) atoms. The molecular weight excluding hydrogens is 295 g/mol. The minimum atomic E-state index is 0.193. The van der Waals surface area contributed by atoms with Crippen molar-refractivity contribution in [3.8, 4) is 5.75 Å². The highest BCUT2D eigenvalue weighted by molar-refractivity contribution is 9.11. The summed E-state index contributed by atoms with van der Waals surface area (Å²) in [7, 11) is 0. The number of benzene rings is 1. The van der Waals surface area contributed by atoms with Gasteiger partial charge in [-0.3, -0.25) is 0 Å². The van der Waals surface area contributed by atoms with E-state index in [2.05, 4.69) is 31.9 Å². The Morgan fingerprint density at radius 2 is 1.91 bits per heavy atom. The van der Waals surface area contributed by atoms with Gasteiger partial charge in [-0.25, -0.2) is 0 Å². The molecule has 0 fully saturated rings. The Kier molecular flexibility index (Phi) is 2.84. The molecule has 1 aromatic carbocycles.